The molecule has 1 saturated heterocycles. The molecule has 0 spiro atoms. The number of halogens is 1. The molecule has 1 aromatic carbocycles. The lowest BCUT2D eigenvalue weighted by Gasteiger charge is -2.29. The van der Waals surface area contributed by atoms with Gasteiger partial charge in [0.15, 0.2) is 5.65 Å². The standard InChI is InChI=1S/C19H21ClN4O/c1-23-10-2-3-14(11-23)13-25-19-9-8-18-21-17(12-24(18)22-19)15-4-6-16(20)7-5-15/h4-9,12,14H,2-3,10-11,13H2,1H3. The number of likely N-dealkylation sites (tertiary alicyclic amines) is 1. The second-order valence-corrected chi connectivity index (χ2v) is 7.13. The van der Waals surface area contributed by atoms with E-state index in [-0.39, 0.29) is 0 Å². The third kappa shape index (κ3) is 3.78. The molecular formula is C19H21ClN4O. The maximum absolute atomic E-state index is 5.95. The normalized spacial score (nSPS) is 18.6. The minimum absolute atomic E-state index is 0.573. The number of hydrogen-bond acceptors (Lipinski definition) is 4. The highest BCUT2D eigenvalue weighted by atomic mass is 35.5. The maximum atomic E-state index is 5.95. The molecule has 1 atom stereocenters. The van der Waals surface area contributed by atoms with Crippen molar-refractivity contribution in [2.24, 2.45) is 5.92 Å². The largest absolute Gasteiger partial charge is 0.476 e. The zero-order valence-corrected chi connectivity index (χ0v) is 15.0. The SMILES string of the molecule is CN1CCCC(COc2ccc3nc(-c4ccc(Cl)cc4)cn3n2)C1. The third-order valence-corrected chi connectivity index (χ3v) is 4.88. The van der Waals surface area contributed by atoms with E-state index in [0.29, 0.717) is 18.4 Å². The van der Waals surface area contributed by atoms with Gasteiger partial charge in [-0.3, -0.25) is 0 Å². The molecule has 0 saturated carbocycles. The summed E-state index contributed by atoms with van der Waals surface area (Å²) in [6.07, 6.45) is 4.38. The highest BCUT2D eigenvalue weighted by molar-refractivity contribution is 6.30. The summed E-state index contributed by atoms with van der Waals surface area (Å²) in [5, 5.41) is 5.25. The minimum atomic E-state index is 0.573. The van der Waals surface area contributed by atoms with Crippen LogP contribution in [-0.2, 0) is 0 Å². The molecule has 2 aromatic heterocycles. The number of ether oxygens (including phenoxy) is 1. The van der Waals surface area contributed by atoms with Crippen LogP contribution >= 0.6 is 11.6 Å². The molecule has 1 unspecified atom stereocenters. The average molecular weight is 357 g/mol. The number of benzene rings is 1. The Kier molecular flexibility index (Phi) is 4.59. The fraction of sp³-hybridized carbons (Fsp3) is 0.368. The Bertz CT molecular complexity index is 861. The Morgan fingerprint density at radius 2 is 2.04 bits per heavy atom. The summed E-state index contributed by atoms with van der Waals surface area (Å²) in [7, 11) is 2.17. The van der Waals surface area contributed by atoms with Gasteiger partial charge in [0.2, 0.25) is 5.88 Å². The molecule has 0 N–H and O–H groups in total. The van der Waals surface area contributed by atoms with E-state index in [2.05, 4.69) is 22.0 Å². The van der Waals surface area contributed by atoms with E-state index < -0.39 is 0 Å². The predicted molar refractivity (Wildman–Crippen MR) is 99.1 cm³/mol. The van der Waals surface area contributed by atoms with Crippen LogP contribution in [0.25, 0.3) is 16.9 Å². The molecule has 25 heavy (non-hydrogen) atoms. The fourth-order valence-corrected chi connectivity index (χ4v) is 3.44. The van der Waals surface area contributed by atoms with Crippen molar-refractivity contribution in [2.75, 3.05) is 26.7 Å². The number of piperidine rings is 1. The molecule has 6 heteroatoms. The van der Waals surface area contributed by atoms with Crippen molar-refractivity contribution in [2.45, 2.75) is 12.8 Å². The summed E-state index contributed by atoms with van der Waals surface area (Å²) in [4.78, 5) is 6.97. The Labute approximate surface area is 152 Å². The van der Waals surface area contributed by atoms with Crippen molar-refractivity contribution < 1.29 is 4.74 Å². The van der Waals surface area contributed by atoms with Gasteiger partial charge in [0.25, 0.3) is 0 Å². The van der Waals surface area contributed by atoms with Crippen molar-refractivity contribution in [3.8, 4) is 17.1 Å². The first kappa shape index (κ1) is 16.4. The Morgan fingerprint density at radius 1 is 1.20 bits per heavy atom. The molecule has 5 nitrogen and oxygen atoms in total. The zero-order chi connectivity index (χ0) is 17.2. The van der Waals surface area contributed by atoms with E-state index in [9.17, 15) is 0 Å². The number of fused-ring (bicyclic) bond motifs is 1. The van der Waals surface area contributed by atoms with Gasteiger partial charge in [0.05, 0.1) is 18.5 Å². The maximum Gasteiger partial charge on any atom is 0.231 e. The van der Waals surface area contributed by atoms with Gasteiger partial charge >= 0.3 is 0 Å². The first-order valence-corrected chi connectivity index (χ1v) is 8.99. The number of rotatable bonds is 4. The quantitative estimate of drug-likeness (QED) is 0.713. The van der Waals surface area contributed by atoms with Crippen LogP contribution in [0.4, 0.5) is 0 Å². The Balaban J connectivity index is 1.49. The van der Waals surface area contributed by atoms with Gasteiger partial charge in [-0.2, -0.15) is 0 Å². The third-order valence-electron chi connectivity index (χ3n) is 4.62. The van der Waals surface area contributed by atoms with Crippen LogP contribution in [-0.4, -0.2) is 46.2 Å². The summed E-state index contributed by atoms with van der Waals surface area (Å²) < 4.78 is 7.70. The zero-order valence-electron chi connectivity index (χ0n) is 14.2. The number of imidazole rings is 1. The molecular weight excluding hydrogens is 336 g/mol. The molecule has 3 aromatic rings. The van der Waals surface area contributed by atoms with Crippen molar-refractivity contribution >= 4 is 17.2 Å². The van der Waals surface area contributed by atoms with E-state index in [1.165, 1.54) is 19.4 Å². The van der Waals surface area contributed by atoms with Crippen LogP contribution in [0.15, 0.2) is 42.6 Å². The van der Waals surface area contributed by atoms with Gasteiger partial charge < -0.3 is 9.64 Å². The predicted octanol–water partition coefficient (Wildman–Crippen LogP) is 3.77. The van der Waals surface area contributed by atoms with Gasteiger partial charge in [-0.25, -0.2) is 9.50 Å². The van der Waals surface area contributed by atoms with Crippen molar-refractivity contribution in [1.82, 2.24) is 19.5 Å². The van der Waals surface area contributed by atoms with Crippen molar-refractivity contribution in [3.05, 3.63) is 47.6 Å². The second kappa shape index (κ2) is 7.02. The van der Waals surface area contributed by atoms with Crippen LogP contribution in [0.2, 0.25) is 5.02 Å². The molecule has 3 heterocycles. The van der Waals surface area contributed by atoms with E-state index in [0.717, 1.165) is 28.5 Å². The molecule has 130 valence electrons. The molecule has 1 aliphatic heterocycles. The van der Waals surface area contributed by atoms with Gasteiger partial charge in [-0.1, -0.05) is 23.7 Å². The topological polar surface area (TPSA) is 42.7 Å². The lowest BCUT2D eigenvalue weighted by molar-refractivity contribution is 0.146. The molecule has 1 aliphatic rings. The molecule has 0 aliphatic carbocycles. The van der Waals surface area contributed by atoms with Crippen LogP contribution < -0.4 is 4.74 Å². The number of aromatic nitrogens is 3. The molecule has 0 bridgehead atoms. The lowest BCUT2D eigenvalue weighted by atomic mass is 10.00. The van der Waals surface area contributed by atoms with Crippen molar-refractivity contribution in [3.63, 3.8) is 0 Å². The first-order chi connectivity index (χ1) is 12.2. The summed E-state index contributed by atoms with van der Waals surface area (Å²) in [6, 6.07) is 11.5. The second-order valence-electron chi connectivity index (χ2n) is 6.69. The van der Waals surface area contributed by atoms with Gasteiger partial charge in [-0.15, -0.1) is 5.10 Å². The van der Waals surface area contributed by atoms with Gasteiger partial charge in [0, 0.05) is 29.1 Å². The van der Waals surface area contributed by atoms with E-state index in [1.807, 2.05) is 42.6 Å². The molecule has 1 fully saturated rings. The molecule has 4 rings (SSSR count). The number of hydrogen-bond donors (Lipinski definition) is 0. The molecule has 0 radical (unpaired) electrons. The first-order valence-electron chi connectivity index (χ1n) is 8.61. The van der Waals surface area contributed by atoms with E-state index >= 15 is 0 Å². The molecule has 0 amide bonds. The monoisotopic (exact) mass is 356 g/mol. The highest BCUT2D eigenvalue weighted by Gasteiger charge is 2.18. The minimum Gasteiger partial charge on any atom is -0.476 e. The fourth-order valence-electron chi connectivity index (χ4n) is 3.31. The van der Waals surface area contributed by atoms with E-state index in [1.54, 1.807) is 4.52 Å². The van der Waals surface area contributed by atoms with Crippen molar-refractivity contribution in [1.29, 1.82) is 0 Å². The summed E-state index contributed by atoms with van der Waals surface area (Å²) in [5.41, 5.74) is 2.69. The smallest absolute Gasteiger partial charge is 0.231 e. The number of nitrogens with zero attached hydrogens (tertiary/aromatic N) is 4. The van der Waals surface area contributed by atoms with Crippen LogP contribution in [0, 0.1) is 5.92 Å². The summed E-state index contributed by atoms with van der Waals surface area (Å²) >= 11 is 5.95. The van der Waals surface area contributed by atoms with Crippen LogP contribution in [0.5, 0.6) is 5.88 Å². The summed E-state index contributed by atoms with van der Waals surface area (Å²) in [6.45, 7) is 2.98. The van der Waals surface area contributed by atoms with Crippen LogP contribution in [0.3, 0.4) is 0 Å². The Hall–Kier alpha value is -2.11. The van der Waals surface area contributed by atoms with E-state index in [4.69, 9.17) is 16.3 Å². The van der Waals surface area contributed by atoms with Crippen LogP contribution in [0.1, 0.15) is 12.8 Å². The van der Waals surface area contributed by atoms with Gasteiger partial charge in [-0.05, 0) is 44.6 Å². The summed E-state index contributed by atoms with van der Waals surface area (Å²) in [5.74, 6) is 1.21. The lowest BCUT2D eigenvalue weighted by Crippen LogP contribution is -2.34. The Morgan fingerprint density at radius 3 is 2.84 bits per heavy atom. The highest BCUT2D eigenvalue weighted by Crippen LogP contribution is 2.22. The van der Waals surface area contributed by atoms with Gasteiger partial charge in [0.1, 0.15) is 0 Å². The average Bonchev–Trinajstić information content (AvgIpc) is 3.04.